The Morgan fingerprint density at radius 2 is 2.15 bits per heavy atom. The van der Waals surface area contributed by atoms with Crippen LogP contribution in [0.5, 0.6) is 0 Å². The second kappa shape index (κ2) is 7.45. The van der Waals surface area contributed by atoms with Gasteiger partial charge in [-0.2, -0.15) is 5.10 Å². The molecule has 4 rings (SSSR count). The Bertz CT molecular complexity index is 960. The fourth-order valence-electron chi connectivity index (χ4n) is 3.14. The molecule has 1 saturated heterocycles. The van der Waals surface area contributed by atoms with E-state index < -0.39 is 0 Å². The van der Waals surface area contributed by atoms with Gasteiger partial charge in [-0.3, -0.25) is 14.4 Å². The molecule has 0 radical (unpaired) electrons. The molecule has 9 heteroatoms. The number of carbonyl (C=O) groups excluding carboxylic acids is 1. The van der Waals surface area contributed by atoms with Gasteiger partial charge in [0, 0.05) is 51.7 Å². The number of amides is 1. The van der Waals surface area contributed by atoms with Crippen molar-refractivity contribution < 1.29 is 13.9 Å². The zero-order chi connectivity index (χ0) is 18.8. The lowest BCUT2D eigenvalue weighted by atomic mass is 10.3. The van der Waals surface area contributed by atoms with Gasteiger partial charge in [-0.15, -0.1) is 0 Å². The maximum absolute atomic E-state index is 13.4. The molecule has 0 aliphatic carbocycles. The molecule has 1 aliphatic heterocycles. The van der Waals surface area contributed by atoms with Gasteiger partial charge in [-0.05, 0) is 12.1 Å². The van der Waals surface area contributed by atoms with Crippen molar-refractivity contribution in [3.05, 3.63) is 42.1 Å². The number of aryl methyl sites for hydroxylation is 1. The van der Waals surface area contributed by atoms with Crippen molar-refractivity contribution in [2.45, 2.75) is 0 Å². The molecule has 1 N–H and O–H groups in total. The van der Waals surface area contributed by atoms with Gasteiger partial charge in [0.15, 0.2) is 5.69 Å². The van der Waals surface area contributed by atoms with Crippen LogP contribution in [0.25, 0.3) is 17.0 Å². The SMILES string of the molecule is Cn1nc(C(=O)NCCN2CCOCC2)cc1-c1cn2ccc(F)cc2n1. The fourth-order valence-corrected chi connectivity index (χ4v) is 3.14. The minimum Gasteiger partial charge on any atom is -0.379 e. The first-order chi connectivity index (χ1) is 13.1. The summed E-state index contributed by atoms with van der Waals surface area (Å²) < 4.78 is 22.0. The van der Waals surface area contributed by atoms with Gasteiger partial charge >= 0.3 is 0 Å². The van der Waals surface area contributed by atoms with Crippen molar-refractivity contribution in [2.24, 2.45) is 7.05 Å². The number of carbonyl (C=O) groups is 1. The first-order valence-electron chi connectivity index (χ1n) is 8.87. The lowest BCUT2D eigenvalue weighted by Crippen LogP contribution is -2.41. The Kier molecular flexibility index (Phi) is 4.87. The number of aromatic nitrogens is 4. The van der Waals surface area contributed by atoms with E-state index in [-0.39, 0.29) is 11.7 Å². The molecule has 27 heavy (non-hydrogen) atoms. The third-order valence-corrected chi connectivity index (χ3v) is 4.61. The second-order valence-electron chi connectivity index (χ2n) is 6.48. The van der Waals surface area contributed by atoms with Crippen LogP contribution in [0.2, 0.25) is 0 Å². The zero-order valence-corrected chi connectivity index (χ0v) is 15.1. The van der Waals surface area contributed by atoms with Crippen molar-refractivity contribution in [2.75, 3.05) is 39.4 Å². The number of halogens is 1. The lowest BCUT2D eigenvalue weighted by molar-refractivity contribution is 0.0383. The number of rotatable bonds is 5. The molecule has 3 aromatic rings. The molecule has 0 atom stereocenters. The van der Waals surface area contributed by atoms with Crippen LogP contribution in [0.15, 0.2) is 30.6 Å². The Labute approximate surface area is 155 Å². The molecular formula is C18H21FN6O2. The van der Waals surface area contributed by atoms with Crippen molar-refractivity contribution in [3.8, 4) is 11.4 Å². The number of morpholine rings is 1. The molecule has 1 amide bonds. The summed E-state index contributed by atoms with van der Waals surface area (Å²) in [6.07, 6.45) is 3.39. The number of hydrogen-bond donors (Lipinski definition) is 1. The smallest absolute Gasteiger partial charge is 0.271 e. The van der Waals surface area contributed by atoms with E-state index in [2.05, 4.69) is 20.3 Å². The van der Waals surface area contributed by atoms with Crippen LogP contribution in [0.1, 0.15) is 10.5 Å². The predicted molar refractivity (Wildman–Crippen MR) is 96.9 cm³/mol. The number of nitrogens with one attached hydrogen (secondary N) is 1. The molecule has 0 unspecified atom stereocenters. The maximum atomic E-state index is 13.4. The number of imidazole rings is 1. The minimum absolute atomic E-state index is 0.222. The van der Waals surface area contributed by atoms with Crippen molar-refractivity contribution in [1.29, 1.82) is 0 Å². The van der Waals surface area contributed by atoms with Crippen LogP contribution < -0.4 is 5.32 Å². The molecule has 0 spiro atoms. The van der Waals surface area contributed by atoms with Gasteiger partial charge in [-0.25, -0.2) is 9.37 Å². The predicted octanol–water partition coefficient (Wildman–Crippen LogP) is 0.936. The average Bonchev–Trinajstić information content (AvgIpc) is 3.25. The maximum Gasteiger partial charge on any atom is 0.271 e. The largest absolute Gasteiger partial charge is 0.379 e. The summed E-state index contributed by atoms with van der Waals surface area (Å²) in [7, 11) is 1.75. The average molecular weight is 372 g/mol. The highest BCUT2D eigenvalue weighted by Crippen LogP contribution is 2.20. The summed E-state index contributed by atoms with van der Waals surface area (Å²) in [4.78, 5) is 19.1. The molecule has 0 saturated carbocycles. The minimum atomic E-state index is -0.343. The van der Waals surface area contributed by atoms with Gasteiger partial charge in [0.25, 0.3) is 5.91 Å². The number of pyridine rings is 1. The van der Waals surface area contributed by atoms with Crippen LogP contribution >= 0.6 is 0 Å². The molecule has 1 aliphatic rings. The van der Waals surface area contributed by atoms with Crippen molar-refractivity contribution >= 4 is 11.6 Å². The number of fused-ring (bicyclic) bond motifs is 1. The Morgan fingerprint density at radius 3 is 2.96 bits per heavy atom. The van der Waals surface area contributed by atoms with Gasteiger partial charge in [-0.1, -0.05) is 0 Å². The Hall–Kier alpha value is -2.78. The lowest BCUT2D eigenvalue weighted by Gasteiger charge is -2.26. The third-order valence-electron chi connectivity index (χ3n) is 4.61. The van der Waals surface area contributed by atoms with Crippen LogP contribution in [-0.4, -0.2) is 69.4 Å². The number of hydrogen-bond acceptors (Lipinski definition) is 5. The first-order valence-corrected chi connectivity index (χ1v) is 8.87. The summed E-state index contributed by atoms with van der Waals surface area (Å²) in [6.45, 7) is 4.59. The summed E-state index contributed by atoms with van der Waals surface area (Å²) >= 11 is 0. The van der Waals surface area contributed by atoms with E-state index in [0.29, 0.717) is 29.3 Å². The Morgan fingerprint density at radius 1 is 1.33 bits per heavy atom. The normalized spacial score (nSPS) is 15.3. The standard InChI is InChI=1S/C18H21FN6O2/c1-23-16(15-12-25-4-2-13(19)10-17(25)21-15)11-14(22-23)18(26)20-3-5-24-6-8-27-9-7-24/h2,4,10-12H,3,5-9H2,1H3,(H,20,26). The molecule has 1 fully saturated rings. The van der Waals surface area contributed by atoms with Crippen LogP contribution in [-0.2, 0) is 11.8 Å². The number of ether oxygens (including phenoxy) is 1. The quantitative estimate of drug-likeness (QED) is 0.721. The molecule has 142 valence electrons. The third kappa shape index (κ3) is 3.83. The van der Waals surface area contributed by atoms with Crippen molar-refractivity contribution in [1.82, 2.24) is 29.4 Å². The van der Waals surface area contributed by atoms with Crippen molar-refractivity contribution in [3.63, 3.8) is 0 Å². The second-order valence-corrected chi connectivity index (χ2v) is 6.48. The van der Waals surface area contributed by atoms with E-state index in [9.17, 15) is 9.18 Å². The molecule has 8 nitrogen and oxygen atoms in total. The van der Waals surface area contributed by atoms with Crippen LogP contribution in [0.3, 0.4) is 0 Å². The van der Waals surface area contributed by atoms with Gasteiger partial charge in [0.05, 0.1) is 18.9 Å². The highest BCUT2D eigenvalue weighted by Gasteiger charge is 2.17. The van der Waals surface area contributed by atoms with Gasteiger partial charge in [0.1, 0.15) is 17.2 Å². The van der Waals surface area contributed by atoms with E-state index in [0.717, 1.165) is 32.8 Å². The van der Waals surface area contributed by atoms with Gasteiger partial charge in [0.2, 0.25) is 0 Å². The highest BCUT2D eigenvalue weighted by molar-refractivity contribution is 5.93. The van der Waals surface area contributed by atoms with Gasteiger partial charge < -0.3 is 14.5 Å². The molecule has 0 aromatic carbocycles. The number of nitrogens with zero attached hydrogens (tertiary/aromatic N) is 5. The fraction of sp³-hybridized carbons (Fsp3) is 0.389. The summed E-state index contributed by atoms with van der Waals surface area (Å²) in [6, 6.07) is 4.43. The Balaban J connectivity index is 1.44. The first kappa shape index (κ1) is 17.6. The molecular weight excluding hydrogens is 351 g/mol. The molecule has 0 bridgehead atoms. The topological polar surface area (TPSA) is 76.7 Å². The van der Waals surface area contributed by atoms with E-state index in [1.54, 1.807) is 34.6 Å². The van der Waals surface area contributed by atoms with E-state index >= 15 is 0 Å². The molecule has 3 aromatic heterocycles. The highest BCUT2D eigenvalue weighted by atomic mass is 19.1. The van der Waals surface area contributed by atoms with Crippen LogP contribution in [0, 0.1) is 5.82 Å². The summed E-state index contributed by atoms with van der Waals surface area (Å²) in [5.41, 5.74) is 2.15. The zero-order valence-electron chi connectivity index (χ0n) is 15.1. The van der Waals surface area contributed by atoms with Crippen LogP contribution in [0.4, 0.5) is 4.39 Å². The molecule has 4 heterocycles. The summed E-state index contributed by atoms with van der Waals surface area (Å²) in [5, 5.41) is 7.19. The van der Waals surface area contributed by atoms with E-state index in [1.807, 2.05) is 0 Å². The summed E-state index contributed by atoms with van der Waals surface area (Å²) in [5.74, 6) is -0.565. The monoisotopic (exact) mass is 372 g/mol. The van der Waals surface area contributed by atoms with E-state index in [4.69, 9.17) is 4.74 Å². The van der Waals surface area contributed by atoms with E-state index in [1.165, 1.54) is 12.1 Å².